The summed E-state index contributed by atoms with van der Waals surface area (Å²) in [4.78, 5) is 10.9. The molecule has 4 aliphatic carbocycles. The molecule has 1 aromatic carbocycles. The fraction of sp³-hybridized carbons (Fsp3) is 0.611. The maximum Gasteiger partial charge on any atom is 0.335 e. The topological polar surface area (TPSA) is 55.8 Å². The Balaban J connectivity index is 1.37. The van der Waals surface area contributed by atoms with Crippen LogP contribution in [0.4, 0.5) is 4.39 Å². The largest absolute Gasteiger partial charge is 0.478 e. The third-order valence-electron chi connectivity index (χ3n) is 5.79. The zero-order valence-electron chi connectivity index (χ0n) is 12.9. The van der Waals surface area contributed by atoms with Crippen LogP contribution < -0.4 is 4.74 Å². The lowest BCUT2D eigenvalue weighted by Crippen LogP contribution is -2.49. The highest BCUT2D eigenvalue weighted by atomic mass is 19.1. The Morgan fingerprint density at radius 2 is 1.78 bits per heavy atom. The molecule has 4 saturated carbocycles. The van der Waals surface area contributed by atoms with Gasteiger partial charge in [-0.15, -0.1) is 0 Å². The van der Waals surface area contributed by atoms with Crippen molar-refractivity contribution in [3.63, 3.8) is 0 Å². The number of carbonyl (C=O) groups is 1. The van der Waals surface area contributed by atoms with Crippen LogP contribution in [0.3, 0.4) is 0 Å². The predicted molar refractivity (Wildman–Crippen MR) is 80.8 cm³/mol. The Hall–Kier alpha value is -1.62. The zero-order chi connectivity index (χ0) is 16.0. The molecule has 0 heterocycles. The van der Waals surface area contributed by atoms with E-state index in [4.69, 9.17) is 14.6 Å². The molecule has 0 aromatic heterocycles. The fourth-order valence-electron chi connectivity index (χ4n) is 5.07. The van der Waals surface area contributed by atoms with Crippen LogP contribution in [-0.4, -0.2) is 24.0 Å². The summed E-state index contributed by atoms with van der Waals surface area (Å²) in [5.74, 6) is 1.26. The molecule has 0 unspecified atom stereocenters. The molecule has 0 aliphatic heterocycles. The van der Waals surface area contributed by atoms with E-state index >= 15 is 0 Å². The Morgan fingerprint density at radius 3 is 2.39 bits per heavy atom. The third-order valence-corrected chi connectivity index (χ3v) is 5.79. The molecule has 0 saturated heterocycles. The quantitative estimate of drug-likeness (QED) is 0.841. The van der Waals surface area contributed by atoms with Gasteiger partial charge in [0, 0.05) is 0 Å². The van der Waals surface area contributed by atoms with E-state index in [0.717, 1.165) is 17.9 Å². The summed E-state index contributed by atoms with van der Waals surface area (Å²) in [5, 5.41) is 8.96. The molecule has 23 heavy (non-hydrogen) atoms. The van der Waals surface area contributed by atoms with Crippen LogP contribution in [0.15, 0.2) is 18.2 Å². The predicted octanol–water partition coefficient (Wildman–Crippen LogP) is 3.70. The second-order valence-corrected chi connectivity index (χ2v) is 7.27. The number of carboxylic acid groups (broad SMARTS) is 1. The minimum atomic E-state index is -1.10. The van der Waals surface area contributed by atoms with Crippen molar-refractivity contribution in [2.75, 3.05) is 6.79 Å². The van der Waals surface area contributed by atoms with Gasteiger partial charge >= 0.3 is 5.97 Å². The van der Waals surface area contributed by atoms with Gasteiger partial charge in [0.05, 0.1) is 11.7 Å². The van der Waals surface area contributed by atoms with Crippen molar-refractivity contribution >= 4 is 5.97 Å². The Bertz CT molecular complexity index is 587. The Kier molecular flexibility index (Phi) is 3.76. The van der Waals surface area contributed by atoms with Crippen molar-refractivity contribution in [1.29, 1.82) is 0 Å². The fourth-order valence-corrected chi connectivity index (χ4v) is 5.07. The third kappa shape index (κ3) is 2.82. The van der Waals surface area contributed by atoms with Crippen LogP contribution in [0.1, 0.15) is 42.5 Å². The smallest absolute Gasteiger partial charge is 0.335 e. The number of rotatable bonds is 5. The molecule has 0 radical (unpaired) electrons. The number of ether oxygens (including phenoxy) is 2. The molecular weight excluding hydrogens is 299 g/mol. The summed E-state index contributed by atoms with van der Waals surface area (Å²) in [7, 11) is 0. The number of hydrogen-bond acceptors (Lipinski definition) is 3. The molecule has 4 nitrogen and oxygen atoms in total. The Labute approximate surface area is 134 Å². The van der Waals surface area contributed by atoms with Gasteiger partial charge in [0.1, 0.15) is 0 Å². The SMILES string of the molecule is O=C(O)c1ccc(F)c(OCOC2C3CC4CC(C3)CC2C4)c1. The minimum absolute atomic E-state index is 0.0102. The minimum Gasteiger partial charge on any atom is -0.478 e. The summed E-state index contributed by atoms with van der Waals surface area (Å²) in [6.07, 6.45) is 6.61. The maximum absolute atomic E-state index is 13.7. The molecule has 4 fully saturated rings. The first-order valence-electron chi connectivity index (χ1n) is 8.37. The van der Waals surface area contributed by atoms with Crippen LogP contribution >= 0.6 is 0 Å². The van der Waals surface area contributed by atoms with Crippen LogP contribution in [-0.2, 0) is 4.74 Å². The highest BCUT2D eigenvalue weighted by Gasteiger charge is 2.48. The summed E-state index contributed by atoms with van der Waals surface area (Å²) in [5.41, 5.74) is 0.0102. The molecule has 0 amide bonds. The molecule has 5 rings (SSSR count). The van der Waals surface area contributed by atoms with E-state index in [9.17, 15) is 9.18 Å². The lowest BCUT2D eigenvalue weighted by atomic mass is 9.55. The van der Waals surface area contributed by atoms with Crippen molar-refractivity contribution < 1.29 is 23.8 Å². The highest BCUT2D eigenvalue weighted by molar-refractivity contribution is 5.88. The van der Waals surface area contributed by atoms with Gasteiger partial charge < -0.3 is 14.6 Å². The lowest BCUT2D eigenvalue weighted by molar-refractivity contribution is -0.155. The van der Waals surface area contributed by atoms with E-state index in [1.807, 2.05) is 0 Å². The summed E-state index contributed by atoms with van der Waals surface area (Å²) in [6, 6.07) is 3.54. The maximum atomic E-state index is 13.7. The number of aromatic carboxylic acids is 1. The molecule has 0 atom stereocenters. The van der Waals surface area contributed by atoms with E-state index < -0.39 is 11.8 Å². The van der Waals surface area contributed by atoms with Crippen LogP contribution in [0.25, 0.3) is 0 Å². The van der Waals surface area contributed by atoms with Crippen molar-refractivity contribution in [2.24, 2.45) is 23.7 Å². The first-order chi connectivity index (χ1) is 11.1. The van der Waals surface area contributed by atoms with Crippen molar-refractivity contribution in [3.05, 3.63) is 29.6 Å². The summed E-state index contributed by atoms with van der Waals surface area (Å²) in [6.45, 7) is -0.0208. The van der Waals surface area contributed by atoms with Gasteiger partial charge in [0.2, 0.25) is 0 Å². The molecular formula is C18H21FO4. The van der Waals surface area contributed by atoms with Crippen molar-refractivity contribution in [1.82, 2.24) is 0 Å². The van der Waals surface area contributed by atoms with Crippen LogP contribution in [0.2, 0.25) is 0 Å². The second-order valence-electron chi connectivity index (χ2n) is 7.27. The molecule has 0 spiro atoms. The number of carboxylic acids is 1. The number of benzene rings is 1. The van der Waals surface area contributed by atoms with Gasteiger partial charge in [0.25, 0.3) is 0 Å². The normalized spacial score (nSPS) is 34.6. The van der Waals surface area contributed by atoms with Gasteiger partial charge in [-0.25, -0.2) is 9.18 Å². The van der Waals surface area contributed by atoms with Gasteiger partial charge in [0.15, 0.2) is 18.4 Å². The van der Waals surface area contributed by atoms with E-state index in [2.05, 4.69) is 0 Å². The van der Waals surface area contributed by atoms with Crippen molar-refractivity contribution in [3.8, 4) is 5.75 Å². The van der Waals surface area contributed by atoms with E-state index in [0.29, 0.717) is 11.8 Å². The van der Waals surface area contributed by atoms with E-state index in [1.165, 1.54) is 44.2 Å². The monoisotopic (exact) mass is 320 g/mol. The molecule has 1 aromatic rings. The highest BCUT2D eigenvalue weighted by Crippen LogP contribution is 2.54. The summed E-state index contributed by atoms with van der Waals surface area (Å²) >= 11 is 0. The van der Waals surface area contributed by atoms with Crippen LogP contribution in [0.5, 0.6) is 5.75 Å². The van der Waals surface area contributed by atoms with Crippen LogP contribution in [0, 0.1) is 29.5 Å². The number of halogens is 1. The first kappa shape index (κ1) is 14.9. The number of hydrogen-bond donors (Lipinski definition) is 1. The lowest BCUT2D eigenvalue weighted by Gasteiger charge is -2.53. The standard InChI is InChI=1S/C18H21FO4/c19-15-2-1-12(18(20)21)8-16(15)22-9-23-17-13-4-10-3-11(6-13)7-14(17)5-10/h1-2,8,10-11,13-14,17H,3-7,9H2,(H,20,21). The molecule has 1 N–H and O–H groups in total. The van der Waals surface area contributed by atoms with Gasteiger partial charge in [-0.1, -0.05) is 0 Å². The van der Waals surface area contributed by atoms with Crippen molar-refractivity contribution in [2.45, 2.75) is 38.2 Å². The average molecular weight is 320 g/mol. The van der Waals surface area contributed by atoms with Gasteiger partial charge in [-0.3, -0.25) is 0 Å². The molecule has 4 bridgehead atoms. The van der Waals surface area contributed by atoms with E-state index in [1.54, 1.807) is 0 Å². The van der Waals surface area contributed by atoms with Gasteiger partial charge in [-0.05, 0) is 74.0 Å². The van der Waals surface area contributed by atoms with Gasteiger partial charge in [-0.2, -0.15) is 0 Å². The molecule has 124 valence electrons. The first-order valence-corrected chi connectivity index (χ1v) is 8.37. The average Bonchev–Trinajstić information content (AvgIpc) is 2.50. The molecule has 4 aliphatic rings. The second kappa shape index (κ2) is 5.78. The zero-order valence-corrected chi connectivity index (χ0v) is 12.9. The van der Waals surface area contributed by atoms with E-state index in [-0.39, 0.29) is 24.2 Å². The molecule has 5 heteroatoms. The Morgan fingerprint density at radius 1 is 1.13 bits per heavy atom. The summed E-state index contributed by atoms with van der Waals surface area (Å²) < 4.78 is 25.0.